The average molecular weight is 450 g/mol. The SMILES string of the molecule is CCNC(=NCCc1csc(CC)n1)N1CC(C)CC(C)C1.I. The summed E-state index contributed by atoms with van der Waals surface area (Å²) in [5, 5.41) is 6.85. The van der Waals surface area contributed by atoms with E-state index >= 15 is 0 Å². The quantitative estimate of drug-likeness (QED) is 0.422. The van der Waals surface area contributed by atoms with E-state index in [1.165, 1.54) is 17.1 Å². The van der Waals surface area contributed by atoms with Gasteiger partial charge in [-0.15, -0.1) is 35.3 Å². The van der Waals surface area contributed by atoms with Crippen molar-refractivity contribution in [3.63, 3.8) is 0 Å². The van der Waals surface area contributed by atoms with E-state index in [0.29, 0.717) is 0 Å². The molecule has 1 saturated heterocycles. The Labute approximate surface area is 162 Å². The predicted octanol–water partition coefficient (Wildman–Crippen LogP) is 3.81. The summed E-state index contributed by atoms with van der Waals surface area (Å²) in [6.07, 6.45) is 3.29. The zero-order valence-electron chi connectivity index (χ0n) is 14.8. The molecular weight excluding hydrogens is 419 g/mol. The van der Waals surface area contributed by atoms with Gasteiger partial charge >= 0.3 is 0 Å². The summed E-state index contributed by atoms with van der Waals surface area (Å²) in [5.41, 5.74) is 1.18. The highest BCUT2D eigenvalue weighted by atomic mass is 127. The van der Waals surface area contributed by atoms with Crippen LogP contribution in [0.4, 0.5) is 0 Å². The van der Waals surface area contributed by atoms with Crippen molar-refractivity contribution < 1.29 is 0 Å². The molecule has 4 nitrogen and oxygen atoms in total. The lowest BCUT2D eigenvalue weighted by atomic mass is 9.92. The zero-order chi connectivity index (χ0) is 15.9. The van der Waals surface area contributed by atoms with Crippen LogP contribution in [0.15, 0.2) is 10.4 Å². The normalized spacial score (nSPS) is 21.9. The number of nitrogens with one attached hydrogen (secondary N) is 1. The Kier molecular flexibility index (Phi) is 9.43. The summed E-state index contributed by atoms with van der Waals surface area (Å²) >= 11 is 1.76. The van der Waals surface area contributed by atoms with Crippen molar-refractivity contribution >= 4 is 41.3 Å². The van der Waals surface area contributed by atoms with Crippen LogP contribution in [-0.4, -0.2) is 42.0 Å². The van der Waals surface area contributed by atoms with E-state index < -0.39 is 0 Å². The van der Waals surface area contributed by atoms with Gasteiger partial charge in [0.25, 0.3) is 0 Å². The molecule has 2 unspecified atom stereocenters. The molecule has 2 heterocycles. The minimum atomic E-state index is 0. The predicted molar refractivity (Wildman–Crippen MR) is 111 cm³/mol. The maximum atomic E-state index is 4.83. The van der Waals surface area contributed by atoms with E-state index in [-0.39, 0.29) is 24.0 Å². The number of piperidine rings is 1. The van der Waals surface area contributed by atoms with Gasteiger partial charge in [0.2, 0.25) is 0 Å². The summed E-state index contributed by atoms with van der Waals surface area (Å²) in [4.78, 5) is 11.9. The van der Waals surface area contributed by atoms with Gasteiger partial charge in [-0.05, 0) is 31.6 Å². The molecule has 2 rings (SSSR count). The van der Waals surface area contributed by atoms with Crippen LogP contribution in [0.1, 0.15) is 44.8 Å². The van der Waals surface area contributed by atoms with Crippen molar-refractivity contribution in [3.05, 3.63) is 16.1 Å². The molecule has 1 aliphatic heterocycles. The lowest BCUT2D eigenvalue weighted by Crippen LogP contribution is -2.48. The topological polar surface area (TPSA) is 40.5 Å². The first-order chi connectivity index (χ1) is 10.6. The van der Waals surface area contributed by atoms with Crippen LogP contribution in [0.3, 0.4) is 0 Å². The molecule has 132 valence electrons. The fraction of sp³-hybridized carbons (Fsp3) is 0.765. The number of guanidine groups is 1. The van der Waals surface area contributed by atoms with Crippen molar-refractivity contribution in [2.24, 2.45) is 16.8 Å². The van der Waals surface area contributed by atoms with Crippen LogP contribution in [-0.2, 0) is 12.8 Å². The number of likely N-dealkylation sites (tertiary alicyclic amines) is 1. The third-order valence-electron chi connectivity index (χ3n) is 4.03. The molecule has 0 aliphatic carbocycles. The van der Waals surface area contributed by atoms with Crippen LogP contribution in [0.25, 0.3) is 0 Å². The molecule has 0 radical (unpaired) electrons. The van der Waals surface area contributed by atoms with Gasteiger partial charge in [-0.2, -0.15) is 0 Å². The highest BCUT2D eigenvalue weighted by molar-refractivity contribution is 14.0. The monoisotopic (exact) mass is 450 g/mol. The first-order valence-corrected chi connectivity index (χ1v) is 9.46. The molecule has 0 aromatic carbocycles. The van der Waals surface area contributed by atoms with Crippen LogP contribution in [0.5, 0.6) is 0 Å². The fourth-order valence-corrected chi connectivity index (χ4v) is 3.94. The van der Waals surface area contributed by atoms with Gasteiger partial charge in [0.1, 0.15) is 0 Å². The van der Waals surface area contributed by atoms with Gasteiger partial charge in [-0.3, -0.25) is 4.99 Å². The van der Waals surface area contributed by atoms with Crippen molar-refractivity contribution in [1.82, 2.24) is 15.2 Å². The summed E-state index contributed by atoms with van der Waals surface area (Å²) in [6.45, 7) is 13.0. The lowest BCUT2D eigenvalue weighted by Gasteiger charge is -2.37. The minimum absolute atomic E-state index is 0. The molecule has 1 fully saturated rings. The van der Waals surface area contributed by atoms with Gasteiger partial charge in [-0.25, -0.2) is 4.98 Å². The van der Waals surface area contributed by atoms with Crippen LogP contribution in [0.2, 0.25) is 0 Å². The Morgan fingerprint density at radius 1 is 1.35 bits per heavy atom. The Morgan fingerprint density at radius 2 is 2.04 bits per heavy atom. The third-order valence-corrected chi connectivity index (χ3v) is 5.08. The number of aryl methyl sites for hydroxylation is 1. The Hall–Kier alpha value is -0.370. The second kappa shape index (κ2) is 10.5. The summed E-state index contributed by atoms with van der Waals surface area (Å²) < 4.78 is 0. The number of rotatable bonds is 5. The number of nitrogens with zero attached hydrogens (tertiary/aromatic N) is 3. The first-order valence-electron chi connectivity index (χ1n) is 8.58. The summed E-state index contributed by atoms with van der Waals surface area (Å²) in [7, 11) is 0. The van der Waals surface area contributed by atoms with Crippen molar-refractivity contribution in [3.8, 4) is 0 Å². The first kappa shape index (κ1) is 20.7. The van der Waals surface area contributed by atoms with E-state index in [1.54, 1.807) is 11.3 Å². The molecule has 0 spiro atoms. The van der Waals surface area contributed by atoms with Gasteiger partial charge in [0, 0.05) is 38.0 Å². The van der Waals surface area contributed by atoms with E-state index in [2.05, 4.69) is 48.3 Å². The number of halogens is 1. The Balaban J connectivity index is 0.00000264. The number of hydrogen-bond acceptors (Lipinski definition) is 3. The van der Waals surface area contributed by atoms with Gasteiger partial charge < -0.3 is 10.2 Å². The summed E-state index contributed by atoms with van der Waals surface area (Å²) in [5.74, 6) is 2.57. The van der Waals surface area contributed by atoms with Gasteiger partial charge in [0.05, 0.1) is 10.7 Å². The molecule has 6 heteroatoms. The number of hydrogen-bond donors (Lipinski definition) is 1. The molecule has 2 atom stereocenters. The Morgan fingerprint density at radius 3 is 2.61 bits per heavy atom. The largest absolute Gasteiger partial charge is 0.357 e. The van der Waals surface area contributed by atoms with Crippen molar-refractivity contribution in [2.45, 2.75) is 47.0 Å². The minimum Gasteiger partial charge on any atom is -0.357 e. The Bertz CT molecular complexity index is 479. The van der Waals surface area contributed by atoms with E-state index in [4.69, 9.17) is 4.99 Å². The summed E-state index contributed by atoms with van der Waals surface area (Å²) in [6, 6.07) is 0. The lowest BCUT2D eigenvalue weighted by molar-refractivity contribution is 0.208. The molecule has 1 N–H and O–H groups in total. The smallest absolute Gasteiger partial charge is 0.193 e. The maximum Gasteiger partial charge on any atom is 0.193 e. The van der Waals surface area contributed by atoms with Crippen molar-refractivity contribution in [1.29, 1.82) is 0 Å². The molecule has 0 bridgehead atoms. The molecule has 0 saturated carbocycles. The number of aliphatic imine (C=N–C) groups is 1. The van der Waals surface area contributed by atoms with E-state index in [1.807, 2.05) is 0 Å². The highest BCUT2D eigenvalue weighted by Gasteiger charge is 2.23. The van der Waals surface area contributed by atoms with E-state index in [0.717, 1.165) is 56.8 Å². The molecular formula is C17H31IN4S. The number of aromatic nitrogens is 1. The highest BCUT2D eigenvalue weighted by Crippen LogP contribution is 2.21. The zero-order valence-corrected chi connectivity index (χ0v) is 18.0. The molecule has 23 heavy (non-hydrogen) atoms. The van der Waals surface area contributed by atoms with Crippen LogP contribution >= 0.6 is 35.3 Å². The fourth-order valence-electron chi connectivity index (χ4n) is 3.16. The van der Waals surface area contributed by atoms with Gasteiger partial charge in [-0.1, -0.05) is 20.8 Å². The molecule has 1 aromatic heterocycles. The number of thiazole rings is 1. The molecule has 1 aliphatic rings. The third kappa shape index (κ3) is 6.57. The average Bonchev–Trinajstić information content (AvgIpc) is 2.93. The molecule has 0 amide bonds. The van der Waals surface area contributed by atoms with Gasteiger partial charge in [0.15, 0.2) is 5.96 Å². The van der Waals surface area contributed by atoms with Crippen LogP contribution < -0.4 is 5.32 Å². The second-order valence-electron chi connectivity index (χ2n) is 6.42. The van der Waals surface area contributed by atoms with Crippen LogP contribution in [0, 0.1) is 11.8 Å². The standard InChI is InChI=1S/C17H30N4S.HI/c1-5-16-20-15(12-22-16)7-8-19-17(18-6-2)21-10-13(3)9-14(4)11-21;/h12-14H,5-11H2,1-4H3,(H,18,19);1H. The van der Waals surface area contributed by atoms with E-state index in [9.17, 15) is 0 Å². The maximum absolute atomic E-state index is 4.83. The van der Waals surface area contributed by atoms with Crippen molar-refractivity contribution in [2.75, 3.05) is 26.2 Å². The molecule has 1 aromatic rings. The second-order valence-corrected chi connectivity index (χ2v) is 7.37.